The molecule has 0 aliphatic carbocycles. The predicted octanol–water partition coefficient (Wildman–Crippen LogP) is 0.297. The zero-order valence-electron chi connectivity index (χ0n) is 9.16. The van der Waals surface area contributed by atoms with Gasteiger partial charge in [-0.2, -0.15) is 0 Å². The number of nitrogens with two attached hydrogens (primary N) is 1. The van der Waals surface area contributed by atoms with Crippen LogP contribution in [-0.2, 0) is 6.54 Å². The Balaban J connectivity index is 0.00000128. The Morgan fingerprint density at radius 3 is 2.71 bits per heavy atom. The standard InChI is InChI=1S/C9H11N5O.2ClH/c1-6-11-4-7-8(13-6)12-5-14(3-2-10)9(7)15;;/h4-5H,2-3,10H2,1H3;2*1H. The number of aryl methyl sites for hydroxylation is 1. The number of nitrogens with zero attached hydrogens (tertiary/aromatic N) is 4. The zero-order chi connectivity index (χ0) is 10.8. The van der Waals surface area contributed by atoms with Crippen molar-refractivity contribution in [3.05, 3.63) is 28.7 Å². The molecule has 0 bridgehead atoms. The molecule has 2 aromatic heterocycles. The second kappa shape index (κ2) is 6.48. The molecule has 6 nitrogen and oxygen atoms in total. The number of hydrogen-bond donors (Lipinski definition) is 1. The molecule has 2 N–H and O–H groups in total. The highest BCUT2D eigenvalue weighted by Crippen LogP contribution is 2.00. The van der Waals surface area contributed by atoms with Gasteiger partial charge in [0.05, 0.1) is 0 Å². The van der Waals surface area contributed by atoms with Gasteiger partial charge in [-0.3, -0.25) is 9.36 Å². The van der Waals surface area contributed by atoms with Crippen LogP contribution in [0.25, 0.3) is 11.0 Å². The summed E-state index contributed by atoms with van der Waals surface area (Å²) in [5.41, 5.74) is 5.66. The molecule has 0 radical (unpaired) electrons. The van der Waals surface area contributed by atoms with E-state index < -0.39 is 0 Å². The van der Waals surface area contributed by atoms with Gasteiger partial charge in [0.15, 0.2) is 5.65 Å². The minimum absolute atomic E-state index is 0. The van der Waals surface area contributed by atoms with Gasteiger partial charge in [0, 0.05) is 19.3 Å². The van der Waals surface area contributed by atoms with E-state index in [1.165, 1.54) is 17.1 Å². The molecular weight excluding hydrogens is 265 g/mol. The number of rotatable bonds is 2. The van der Waals surface area contributed by atoms with E-state index in [9.17, 15) is 4.79 Å². The molecule has 0 fully saturated rings. The molecule has 0 saturated carbocycles. The summed E-state index contributed by atoms with van der Waals surface area (Å²) in [4.78, 5) is 23.9. The van der Waals surface area contributed by atoms with Crippen LogP contribution in [0.4, 0.5) is 0 Å². The van der Waals surface area contributed by atoms with Crippen molar-refractivity contribution in [2.24, 2.45) is 5.73 Å². The van der Waals surface area contributed by atoms with Gasteiger partial charge in [0.1, 0.15) is 17.5 Å². The average molecular weight is 278 g/mol. The van der Waals surface area contributed by atoms with Gasteiger partial charge in [-0.15, -0.1) is 24.8 Å². The lowest BCUT2D eigenvalue weighted by Crippen LogP contribution is -2.24. The van der Waals surface area contributed by atoms with Gasteiger partial charge in [0.2, 0.25) is 0 Å². The summed E-state index contributed by atoms with van der Waals surface area (Å²) in [5.74, 6) is 0.603. The maximum atomic E-state index is 11.8. The zero-order valence-corrected chi connectivity index (χ0v) is 10.8. The van der Waals surface area contributed by atoms with E-state index in [2.05, 4.69) is 15.0 Å². The highest BCUT2D eigenvalue weighted by molar-refractivity contribution is 5.85. The fourth-order valence-electron chi connectivity index (χ4n) is 1.34. The first kappa shape index (κ1) is 15.8. The summed E-state index contributed by atoms with van der Waals surface area (Å²) in [6.45, 7) is 2.61. The lowest BCUT2D eigenvalue weighted by Gasteiger charge is -2.03. The quantitative estimate of drug-likeness (QED) is 0.853. The molecule has 0 aromatic carbocycles. The Morgan fingerprint density at radius 2 is 2.06 bits per heavy atom. The van der Waals surface area contributed by atoms with Crippen molar-refractivity contribution in [1.29, 1.82) is 0 Å². The molecule has 0 aliphatic heterocycles. The predicted molar refractivity (Wildman–Crippen MR) is 69.9 cm³/mol. The monoisotopic (exact) mass is 277 g/mol. The van der Waals surface area contributed by atoms with E-state index >= 15 is 0 Å². The molecule has 2 heterocycles. The number of hydrogen-bond acceptors (Lipinski definition) is 5. The van der Waals surface area contributed by atoms with Crippen molar-refractivity contribution in [2.75, 3.05) is 6.54 Å². The van der Waals surface area contributed by atoms with Crippen molar-refractivity contribution < 1.29 is 0 Å². The van der Waals surface area contributed by atoms with Crippen molar-refractivity contribution in [1.82, 2.24) is 19.5 Å². The minimum Gasteiger partial charge on any atom is -0.329 e. The van der Waals surface area contributed by atoms with Gasteiger partial charge >= 0.3 is 0 Å². The van der Waals surface area contributed by atoms with E-state index in [1.807, 2.05) is 0 Å². The second-order valence-electron chi connectivity index (χ2n) is 3.19. The van der Waals surface area contributed by atoms with Crippen LogP contribution in [-0.4, -0.2) is 26.1 Å². The molecule has 2 rings (SSSR count). The molecule has 0 amide bonds. The lowest BCUT2D eigenvalue weighted by atomic mass is 10.4. The van der Waals surface area contributed by atoms with Gasteiger partial charge < -0.3 is 5.73 Å². The summed E-state index contributed by atoms with van der Waals surface area (Å²) in [6.07, 6.45) is 2.96. The maximum Gasteiger partial charge on any atom is 0.264 e. The van der Waals surface area contributed by atoms with Crippen LogP contribution in [0.1, 0.15) is 5.82 Å². The highest BCUT2D eigenvalue weighted by Gasteiger charge is 2.04. The molecule has 0 atom stereocenters. The summed E-state index contributed by atoms with van der Waals surface area (Å²) >= 11 is 0. The van der Waals surface area contributed by atoms with E-state index in [4.69, 9.17) is 5.73 Å². The molecule has 2 aromatic rings. The third kappa shape index (κ3) is 3.12. The van der Waals surface area contributed by atoms with Crippen molar-refractivity contribution >= 4 is 35.8 Å². The number of aromatic nitrogens is 4. The van der Waals surface area contributed by atoms with Gasteiger partial charge in [-0.05, 0) is 6.92 Å². The van der Waals surface area contributed by atoms with Crippen LogP contribution in [0.5, 0.6) is 0 Å². The molecule has 8 heteroatoms. The van der Waals surface area contributed by atoms with Crippen LogP contribution in [0.15, 0.2) is 17.3 Å². The van der Waals surface area contributed by atoms with Crippen molar-refractivity contribution in [3.63, 3.8) is 0 Å². The summed E-state index contributed by atoms with van der Waals surface area (Å²) in [5, 5.41) is 0.427. The molecule has 0 unspecified atom stereocenters. The van der Waals surface area contributed by atoms with Crippen LogP contribution in [0.3, 0.4) is 0 Å². The van der Waals surface area contributed by atoms with Crippen LogP contribution < -0.4 is 11.3 Å². The highest BCUT2D eigenvalue weighted by atomic mass is 35.5. The Kier molecular flexibility index (Phi) is 6.01. The SMILES string of the molecule is Cc1ncc2c(=O)n(CCN)cnc2n1.Cl.Cl. The van der Waals surface area contributed by atoms with E-state index in [1.54, 1.807) is 6.92 Å². The molecule has 17 heavy (non-hydrogen) atoms. The lowest BCUT2D eigenvalue weighted by molar-refractivity contribution is 0.672. The molecule has 94 valence electrons. The van der Waals surface area contributed by atoms with E-state index in [0.717, 1.165) is 0 Å². The third-order valence-electron chi connectivity index (χ3n) is 2.07. The van der Waals surface area contributed by atoms with Crippen LogP contribution in [0.2, 0.25) is 0 Å². The van der Waals surface area contributed by atoms with Crippen molar-refractivity contribution in [2.45, 2.75) is 13.5 Å². The van der Waals surface area contributed by atoms with Crippen molar-refractivity contribution in [3.8, 4) is 0 Å². The fourth-order valence-corrected chi connectivity index (χ4v) is 1.34. The first-order chi connectivity index (χ1) is 7.22. The molecule has 0 saturated heterocycles. The van der Waals surface area contributed by atoms with E-state index in [-0.39, 0.29) is 30.4 Å². The summed E-state index contributed by atoms with van der Waals surface area (Å²) in [7, 11) is 0. The smallest absolute Gasteiger partial charge is 0.264 e. The Morgan fingerprint density at radius 1 is 1.35 bits per heavy atom. The first-order valence-corrected chi connectivity index (χ1v) is 4.61. The molecule has 0 aliphatic rings. The molecular formula is C9H13Cl2N5O. The maximum absolute atomic E-state index is 11.8. The average Bonchev–Trinajstić information content (AvgIpc) is 2.22. The third-order valence-corrected chi connectivity index (χ3v) is 2.07. The van der Waals surface area contributed by atoms with Crippen LogP contribution >= 0.6 is 24.8 Å². The second-order valence-corrected chi connectivity index (χ2v) is 3.19. The Labute approximate surface area is 110 Å². The summed E-state index contributed by atoms with van der Waals surface area (Å²) < 4.78 is 1.46. The van der Waals surface area contributed by atoms with E-state index in [0.29, 0.717) is 29.9 Å². The Bertz CT molecular complexity index is 557. The largest absolute Gasteiger partial charge is 0.329 e. The van der Waals surface area contributed by atoms with Crippen LogP contribution in [0, 0.1) is 6.92 Å². The minimum atomic E-state index is -0.148. The van der Waals surface area contributed by atoms with Gasteiger partial charge in [-0.25, -0.2) is 15.0 Å². The number of halogens is 2. The normalized spacial score (nSPS) is 9.53. The van der Waals surface area contributed by atoms with Gasteiger partial charge in [-0.1, -0.05) is 0 Å². The topological polar surface area (TPSA) is 86.7 Å². The number of fused-ring (bicyclic) bond motifs is 1. The van der Waals surface area contributed by atoms with Gasteiger partial charge in [0.25, 0.3) is 5.56 Å². The molecule has 0 spiro atoms. The fraction of sp³-hybridized carbons (Fsp3) is 0.333. The summed E-state index contributed by atoms with van der Waals surface area (Å²) in [6, 6.07) is 0. The Hall–Kier alpha value is -1.24. The first-order valence-electron chi connectivity index (χ1n) is 4.61.